The number of hydrogen-bond acceptors (Lipinski definition) is 4. The van der Waals surface area contributed by atoms with E-state index in [1.54, 1.807) is 30.6 Å². The van der Waals surface area contributed by atoms with Crippen molar-refractivity contribution in [2.75, 3.05) is 5.73 Å². The SMILES string of the molecule is N=C1C=C(c2ccc(-c3ccccc3)cc2)C=C(c2ccc(-c3ccccc3)cc2)C1=N.Nc1ccncc1. The quantitative estimate of drug-likeness (QED) is 0.215. The van der Waals surface area contributed by atoms with E-state index in [9.17, 15) is 0 Å². The third-order valence-corrected chi connectivity index (χ3v) is 6.47. The summed E-state index contributed by atoms with van der Waals surface area (Å²) in [6.45, 7) is 0. The molecule has 4 aromatic carbocycles. The van der Waals surface area contributed by atoms with Crippen molar-refractivity contribution in [1.82, 2.24) is 4.98 Å². The van der Waals surface area contributed by atoms with Crippen molar-refractivity contribution in [2.45, 2.75) is 0 Å². The molecule has 0 amide bonds. The normalized spacial score (nSPS) is 12.6. The Labute approximate surface area is 228 Å². The smallest absolute Gasteiger partial charge is 0.0867 e. The van der Waals surface area contributed by atoms with Gasteiger partial charge < -0.3 is 5.73 Å². The molecule has 6 rings (SSSR count). The lowest BCUT2D eigenvalue weighted by Gasteiger charge is -2.17. The highest BCUT2D eigenvalue weighted by Crippen LogP contribution is 2.31. The van der Waals surface area contributed by atoms with Crippen LogP contribution in [0.15, 0.2) is 146 Å². The molecule has 1 aromatic heterocycles. The summed E-state index contributed by atoms with van der Waals surface area (Å²) in [4.78, 5) is 3.77. The molecule has 4 N–H and O–H groups in total. The van der Waals surface area contributed by atoms with Gasteiger partial charge >= 0.3 is 0 Å². The van der Waals surface area contributed by atoms with E-state index in [1.165, 1.54) is 11.1 Å². The van der Waals surface area contributed by atoms with E-state index < -0.39 is 0 Å². The van der Waals surface area contributed by atoms with Crippen molar-refractivity contribution in [2.24, 2.45) is 0 Å². The number of nitrogens with zero attached hydrogens (tertiary/aromatic N) is 1. The predicted octanol–water partition coefficient (Wildman–Crippen LogP) is 8.20. The molecule has 1 aliphatic rings. The molecule has 0 bridgehead atoms. The number of hydrogen-bond donors (Lipinski definition) is 3. The second-order valence-electron chi connectivity index (χ2n) is 9.11. The monoisotopic (exact) mass is 504 g/mol. The maximum atomic E-state index is 8.47. The standard InChI is InChI=1S/C30H22N2.C5H6N2/c31-29-20-27(25-13-11-23(12-14-25)21-7-3-1-4-8-21)19-28(30(29)32)26-17-15-24(16-18-26)22-9-5-2-6-10-22;6-5-1-3-7-4-2-5/h1-20,31-32H;1-4H,(H2,6,7). The third kappa shape index (κ3) is 6.14. The molecule has 39 heavy (non-hydrogen) atoms. The fraction of sp³-hybridized carbons (Fsp3) is 0. The van der Waals surface area contributed by atoms with Gasteiger partial charge in [-0.1, -0.05) is 109 Å². The van der Waals surface area contributed by atoms with E-state index >= 15 is 0 Å². The summed E-state index contributed by atoms with van der Waals surface area (Å²) in [6.07, 6.45) is 7.13. The Balaban J connectivity index is 0.000000384. The van der Waals surface area contributed by atoms with Crippen LogP contribution in [-0.2, 0) is 0 Å². The van der Waals surface area contributed by atoms with Gasteiger partial charge in [-0.25, -0.2) is 0 Å². The van der Waals surface area contributed by atoms with Crippen molar-refractivity contribution in [3.8, 4) is 22.3 Å². The molecule has 0 spiro atoms. The summed E-state index contributed by atoms with van der Waals surface area (Å²) in [6, 6.07) is 40.7. The van der Waals surface area contributed by atoms with E-state index in [2.05, 4.69) is 65.6 Å². The predicted molar refractivity (Wildman–Crippen MR) is 164 cm³/mol. The number of pyridine rings is 1. The molecule has 4 heteroatoms. The minimum atomic E-state index is 0.233. The van der Waals surface area contributed by atoms with Gasteiger partial charge in [0.1, 0.15) is 0 Å². The number of nitrogen functional groups attached to an aromatic ring is 1. The molecular weight excluding hydrogens is 476 g/mol. The van der Waals surface area contributed by atoms with Gasteiger partial charge in [-0.3, -0.25) is 15.8 Å². The van der Waals surface area contributed by atoms with Gasteiger partial charge in [-0.15, -0.1) is 0 Å². The fourth-order valence-electron chi connectivity index (χ4n) is 4.36. The van der Waals surface area contributed by atoms with E-state index in [4.69, 9.17) is 16.6 Å². The van der Waals surface area contributed by atoms with E-state index in [1.807, 2.05) is 54.6 Å². The van der Waals surface area contributed by atoms with Crippen LogP contribution in [0.4, 0.5) is 5.69 Å². The highest BCUT2D eigenvalue weighted by Gasteiger charge is 2.18. The highest BCUT2D eigenvalue weighted by atomic mass is 14.6. The molecule has 0 radical (unpaired) electrons. The van der Waals surface area contributed by atoms with Crippen LogP contribution < -0.4 is 5.73 Å². The van der Waals surface area contributed by atoms with Crippen molar-refractivity contribution in [3.63, 3.8) is 0 Å². The zero-order chi connectivity index (χ0) is 27.0. The van der Waals surface area contributed by atoms with Crippen molar-refractivity contribution < 1.29 is 0 Å². The van der Waals surface area contributed by atoms with Crippen LogP contribution in [0.1, 0.15) is 11.1 Å². The van der Waals surface area contributed by atoms with Gasteiger partial charge in [-0.2, -0.15) is 0 Å². The molecule has 1 aliphatic carbocycles. The summed E-state index contributed by atoms with van der Waals surface area (Å²) in [5.74, 6) is 0. The molecule has 0 atom stereocenters. The minimum Gasteiger partial charge on any atom is -0.399 e. The average Bonchev–Trinajstić information content (AvgIpc) is 3.00. The zero-order valence-electron chi connectivity index (χ0n) is 21.4. The summed E-state index contributed by atoms with van der Waals surface area (Å²) in [5, 5.41) is 16.8. The van der Waals surface area contributed by atoms with Crippen LogP contribution in [0.2, 0.25) is 0 Å². The van der Waals surface area contributed by atoms with E-state index in [0.717, 1.165) is 39.1 Å². The van der Waals surface area contributed by atoms with Crippen LogP contribution >= 0.6 is 0 Å². The van der Waals surface area contributed by atoms with Gasteiger partial charge in [0.25, 0.3) is 0 Å². The first kappa shape index (κ1) is 25.3. The van der Waals surface area contributed by atoms with Crippen molar-refractivity contribution >= 4 is 28.3 Å². The minimum absolute atomic E-state index is 0.233. The first-order valence-corrected chi connectivity index (χ1v) is 12.7. The van der Waals surface area contributed by atoms with Crippen LogP contribution in [0, 0.1) is 10.8 Å². The molecule has 0 fully saturated rings. The summed E-state index contributed by atoms with van der Waals surface area (Å²) in [5.41, 5.74) is 14.9. The Bertz CT molecular complexity index is 1630. The second kappa shape index (κ2) is 11.8. The molecule has 0 unspecified atom stereocenters. The highest BCUT2D eigenvalue weighted by molar-refractivity contribution is 6.61. The Hall–Kier alpha value is -5.35. The lowest BCUT2D eigenvalue weighted by Crippen LogP contribution is -2.15. The Morgan fingerprint density at radius 3 is 1.36 bits per heavy atom. The molecule has 4 nitrogen and oxygen atoms in total. The first-order chi connectivity index (χ1) is 19.1. The topological polar surface area (TPSA) is 86.6 Å². The number of anilines is 1. The van der Waals surface area contributed by atoms with Gasteiger partial charge in [0.15, 0.2) is 0 Å². The first-order valence-electron chi connectivity index (χ1n) is 12.7. The number of benzene rings is 4. The maximum absolute atomic E-state index is 8.47. The maximum Gasteiger partial charge on any atom is 0.0867 e. The summed E-state index contributed by atoms with van der Waals surface area (Å²) >= 11 is 0. The van der Waals surface area contributed by atoms with Gasteiger partial charge in [0.2, 0.25) is 0 Å². The second-order valence-corrected chi connectivity index (χ2v) is 9.11. The summed E-state index contributed by atoms with van der Waals surface area (Å²) < 4.78 is 0. The molecule has 5 aromatic rings. The number of aromatic nitrogens is 1. The molecule has 0 aliphatic heterocycles. The Kier molecular flexibility index (Phi) is 7.66. The molecular formula is C35H28N4. The van der Waals surface area contributed by atoms with Gasteiger partial charge in [0, 0.05) is 23.7 Å². The lowest BCUT2D eigenvalue weighted by molar-refractivity contribution is 1.33. The molecule has 0 saturated heterocycles. The van der Waals surface area contributed by atoms with Crippen molar-refractivity contribution in [1.29, 1.82) is 10.8 Å². The van der Waals surface area contributed by atoms with Crippen LogP contribution in [0.25, 0.3) is 33.4 Å². The largest absolute Gasteiger partial charge is 0.399 e. The summed E-state index contributed by atoms with van der Waals surface area (Å²) in [7, 11) is 0. The number of nitrogens with two attached hydrogens (primary N) is 1. The van der Waals surface area contributed by atoms with Gasteiger partial charge in [0.05, 0.1) is 11.4 Å². The lowest BCUT2D eigenvalue weighted by atomic mass is 9.87. The average molecular weight is 505 g/mol. The Morgan fingerprint density at radius 2 is 0.897 bits per heavy atom. The van der Waals surface area contributed by atoms with Gasteiger partial charge in [-0.05, 0) is 63.2 Å². The van der Waals surface area contributed by atoms with Crippen LogP contribution in [0.3, 0.4) is 0 Å². The molecule has 188 valence electrons. The number of rotatable bonds is 4. The van der Waals surface area contributed by atoms with Crippen LogP contribution in [-0.4, -0.2) is 16.4 Å². The van der Waals surface area contributed by atoms with E-state index in [-0.39, 0.29) is 11.4 Å². The Morgan fingerprint density at radius 1 is 0.462 bits per heavy atom. The van der Waals surface area contributed by atoms with E-state index in [0.29, 0.717) is 0 Å². The fourth-order valence-corrected chi connectivity index (χ4v) is 4.36. The zero-order valence-corrected chi connectivity index (χ0v) is 21.4. The molecule has 0 saturated carbocycles. The number of allylic oxidation sites excluding steroid dienone is 4. The molecule has 1 heterocycles. The van der Waals surface area contributed by atoms with Crippen molar-refractivity contribution in [3.05, 3.63) is 157 Å². The third-order valence-electron chi connectivity index (χ3n) is 6.47. The van der Waals surface area contributed by atoms with Crippen LogP contribution in [0.5, 0.6) is 0 Å². The number of nitrogens with one attached hydrogen (secondary N) is 2.